The third-order valence-corrected chi connectivity index (χ3v) is 5.47. The largest absolute Gasteiger partial charge is 0.509 e. The van der Waals surface area contributed by atoms with Gasteiger partial charge in [0.25, 0.3) is 5.91 Å². The van der Waals surface area contributed by atoms with Gasteiger partial charge in [0.2, 0.25) is 5.91 Å². The van der Waals surface area contributed by atoms with E-state index in [0.717, 1.165) is 10.4 Å². The number of allylic oxidation sites excluding steroid dienone is 1. The van der Waals surface area contributed by atoms with Crippen LogP contribution < -0.4 is 0 Å². The van der Waals surface area contributed by atoms with Gasteiger partial charge in [0.1, 0.15) is 17.4 Å². The predicted octanol–water partition coefficient (Wildman–Crippen LogP) is 3.85. The van der Waals surface area contributed by atoms with Crippen LogP contribution in [0.3, 0.4) is 0 Å². The number of aryl methyl sites for hydroxylation is 1. The summed E-state index contributed by atoms with van der Waals surface area (Å²) >= 11 is 5.88. The number of aliphatic hydroxyl groups excluding tert-OH is 1. The third kappa shape index (κ3) is 3.21. The molecule has 0 spiro atoms. The number of nitriles is 1. The number of hydrogen-bond acceptors (Lipinski definition) is 5. The molecule has 1 aromatic heterocycles. The van der Waals surface area contributed by atoms with Crippen LogP contribution in [-0.2, 0) is 11.8 Å². The van der Waals surface area contributed by atoms with Crippen molar-refractivity contribution in [1.82, 2.24) is 14.5 Å². The van der Waals surface area contributed by atoms with E-state index in [-0.39, 0.29) is 35.6 Å². The summed E-state index contributed by atoms with van der Waals surface area (Å²) in [6, 6.07) is 14.6. The molecule has 2 amide bonds. The number of rotatable bonds is 3. The normalized spacial score (nSPS) is 17.2. The zero-order valence-corrected chi connectivity index (χ0v) is 16.8. The molecule has 1 atom stereocenters. The van der Waals surface area contributed by atoms with Gasteiger partial charge in [0, 0.05) is 24.1 Å². The number of halogens is 1. The van der Waals surface area contributed by atoms with Crippen LogP contribution >= 0.6 is 11.6 Å². The van der Waals surface area contributed by atoms with Gasteiger partial charge in [-0.1, -0.05) is 23.7 Å². The Morgan fingerprint density at radius 1 is 1.23 bits per heavy atom. The highest BCUT2D eigenvalue weighted by atomic mass is 35.5. The molecule has 0 radical (unpaired) electrons. The van der Waals surface area contributed by atoms with Crippen molar-refractivity contribution in [2.24, 2.45) is 7.05 Å². The van der Waals surface area contributed by atoms with E-state index >= 15 is 0 Å². The first-order valence-corrected chi connectivity index (χ1v) is 9.67. The standard InChI is InChI=1S/C22H17ClN4O3/c1-26-17-5-3-2-4-16(17)25-21(26)15(12-24)20(29)18-10-11-19(28)27(18)22(30)13-6-8-14(23)9-7-13/h2-9,18,29H,10-11H2,1H3/b20-15-. The van der Waals surface area contributed by atoms with Crippen LogP contribution in [0.25, 0.3) is 16.6 Å². The fourth-order valence-corrected chi connectivity index (χ4v) is 3.81. The fourth-order valence-electron chi connectivity index (χ4n) is 3.69. The topological polar surface area (TPSA) is 99.2 Å². The van der Waals surface area contributed by atoms with E-state index in [1.807, 2.05) is 24.3 Å². The third-order valence-electron chi connectivity index (χ3n) is 5.22. The molecule has 0 aliphatic carbocycles. The maximum Gasteiger partial charge on any atom is 0.261 e. The summed E-state index contributed by atoms with van der Waals surface area (Å²) in [5.74, 6) is -1.03. The van der Waals surface area contributed by atoms with Crippen molar-refractivity contribution in [3.8, 4) is 6.07 Å². The Labute approximate surface area is 177 Å². The number of imide groups is 1. The van der Waals surface area contributed by atoms with E-state index in [4.69, 9.17) is 11.6 Å². The lowest BCUT2D eigenvalue weighted by Crippen LogP contribution is -2.40. The Bertz CT molecular complexity index is 1240. The zero-order valence-electron chi connectivity index (χ0n) is 16.0. The Hall–Kier alpha value is -3.63. The second kappa shape index (κ2) is 7.65. The van der Waals surface area contributed by atoms with Crippen LogP contribution in [0.2, 0.25) is 5.02 Å². The lowest BCUT2D eigenvalue weighted by atomic mass is 10.1. The molecule has 1 aliphatic heterocycles. The Morgan fingerprint density at radius 3 is 2.60 bits per heavy atom. The number of carbonyl (C=O) groups is 2. The number of likely N-dealkylation sites (tertiary alicyclic amines) is 1. The minimum absolute atomic E-state index is 0.0673. The van der Waals surface area contributed by atoms with Crippen LogP contribution in [0.4, 0.5) is 0 Å². The van der Waals surface area contributed by atoms with Gasteiger partial charge < -0.3 is 9.67 Å². The maximum atomic E-state index is 13.0. The first kappa shape index (κ1) is 19.7. The van der Waals surface area contributed by atoms with Crippen molar-refractivity contribution in [3.63, 3.8) is 0 Å². The Balaban J connectivity index is 1.77. The monoisotopic (exact) mass is 420 g/mol. The zero-order chi connectivity index (χ0) is 21.4. The average molecular weight is 421 g/mol. The first-order chi connectivity index (χ1) is 14.4. The number of hydrogen-bond donors (Lipinski definition) is 1. The van der Waals surface area contributed by atoms with Crippen molar-refractivity contribution in [2.45, 2.75) is 18.9 Å². The number of amides is 2. The van der Waals surface area contributed by atoms with Crippen molar-refractivity contribution in [1.29, 1.82) is 5.26 Å². The van der Waals surface area contributed by atoms with Gasteiger partial charge >= 0.3 is 0 Å². The molecule has 0 saturated carbocycles. The van der Waals surface area contributed by atoms with Crippen molar-refractivity contribution < 1.29 is 14.7 Å². The van der Waals surface area contributed by atoms with Gasteiger partial charge in [-0.25, -0.2) is 4.98 Å². The van der Waals surface area contributed by atoms with Gasteiger partial charge in [-0.3, -0.25) is 14.5 Å². The summed E-state index contributed by atoms with van der Waals surface area (Å²) in [5, 5.41) is 21.2. The van der Waals surface area contributed by atoms with E-state index < -0.39 is 17.9 Å². The molecule has 1 N–H and O–H groups in total. The highest BCUT2D eigenvalue weighted by molar-refractivity contribution is 6.30. The van der Waals surface area contributed by atoms with Gasteiger partial charge in [0.15, 0.2) is 5.82 Å². The Kier molecular flexibility index (Phi) is 5.02. The van der Waals surface area contributed by atoms with Gasteiger partial charge in [-0.15, -0.1) is 0 Å². The maximum absolute atomic E-state index is 13.0. The Morgan fingerprint density at radius 2 is 1.93 bits per heavy atom. The summed E-state index contributed by atoms with van der Waals surface area (Å²) in [6.45, 7) is 0. The first-order valence-electron chi connectivity index (χ1n) is 9.29. The number of benzene rings is 2. The van der Waals surface area contributed by atoms with Gasteiger partial charge in [0.05, 0.1) is 17.1 Å². The molecule has 1 fully saturated rings. The molecule has 3 aromatic rings. The summed E-state index contributed by atoms with van der Waals surface area (Å²) in [7, 11) is 1.74. The highest BCUT2D eigenvalue weighted by Gasteiger charge is 2.40. The number of aromatic nitrogens is 2. The number of fused-ring (bicyclic) bond motifs is 1. The number of aliphatic hydroxyl groups is 1. The van der Waals surface area contributed by atoms with Crippen molar-refractivity contribution in [2.75, 3.05) is 0 Å². The molecule has 7 nitrogen and oxygen atoms in total. The summed E-state index contributed by atoms with van der Waals surface area (Å²) < 4.78 is 1.70. The molecular weight excluding hydrogens is 404 g/mol. The van der Waals surface area contributed by atoms with E-state index in [2.05, 4.69) is 4.98 Å². The minimum Gasteiger partial charge on any atom is -0.509 e. The number of para-hydroxylation sites is 2. The molecule has 4 rings (SSSR count). The van der Waals surface area contributed by atoms with Gasteiger partial charge in [-0.2, -0.15) is 5.26 Å². The molecule has 150 valence electrons. The molecule has 1 unspecified atom stereocenters. The fraction of sp³-hybridized carbons (Fsp3) is 0.182. The van der Waals surface area contributed by atoms with Crippen LogP contribution in [0.1, 0.15) is 29.0 Å². The smallest absolute Gasteiger partial charge is 0.261 e. The molecule has 2 heterocycles. The number of nitrogens with zero attached hydrogens (tertiary/aromatic N) is 4. The second-order valence-electron chi connectivity index (χ2n) is 6.99. The summed E-state index contributed by atoms with van der Waals surface area (Å²) in [6.07, 6.45) is 0.314. The summed E-state index contributed by atoms with van der Waals surface area (Å²) in [5.41, 5.74) is 1.67. The van der Waals surface area contributed by atoms with E-state index in [9.17, 15) is 20.0 Å². The molecule has 2 aromatic carbocycles. The predicted molar refractivity (Wildman–Crippen MR) is 112 cm³/mol. The second-order valence-corrected chi connectivity index (χ2v) is 7.42. The lowest BCUT2D eigenvalue weighted by molar-refractivity contribution is -0.126. The quantitative estimate of drug-likeness (QED) is 0.394. The highest BCUT2D eigenvalue weighted by Crippen LogP contribution is 2.31. The number of carbonyl (C=O) groups excluding carboxylic acids is 2. The SMILES string of the molecule is Cn1c(/C(C#N)=C(\O)C2CCC(=O)N2C(=O)c2ccc(Cl)cc2)nc2ccccc21. The van der Waals surface area contributed by atoms with Crippen LogP contribution in [0.5, 0.6) is 0 Å². The van der Waals surface area contributed by atoms with E-state index in [1.165, 1.54) is 12.1 Å². The van der Waals surface area contributed by atoms with Crippen LogP contribution in [0.15, 0.2) is 54.3 Å². The molecule has 8 heteroatoms. The van der Waals surface area contributed by atoms with Crippen molar-refractivity contribution in [3.05, 3.63) is 70.7 Å². The molecule has 1 saturated heterocycles. The van der Waals surface area contributed by atoms with E-state index in [1.54, 1.807) is 29.8 Å². The lowest BCUT2D eigenvalue weighted by Gasteiger charge is -2.23. The molecule has 1 aliphatic rings. The number of imidazole rings is 1. The van der Waals surface area contributed by atoms with E-state index in [0.29, 0.717) is 10.5 Å². The van der Waals surface area contributed by atoms with Crippen molar-refractivity contribution >= 4 is 40.0 Å². The van der Waals surface area contributed by atoms with Gasteiger partial charge in [-0.05, 0) is 42.8 Å². The molecule has 30 heavy (non-hydrogen) atoms. The molecular formula is C22H17ClN4O3. The average Bonchev–Trinajstić information content (AvgIpc) is 3.29. The van der Waals surface area contributed by atoms with Crippen LogP contribution in [0, 0.1) is 11.3 Å². The minimum atomic E-state index is -0.935. The molecule has 0 bridgehead atoms. The van der Waals surface area contributed by atoms with Crippen LogP contribution in [-0.4, -0.2) is 37.4 Å². The summed E-state index contributed by atoms with van der Waals surface area (Å²) in [4.78, 5) is 30.9.